The Bertz CT molecular complexity index is 271. The summed E-state index contributed by atoms with van der Waals surface area (Å²) in [5.74, 6) is 1.71. The smallest absolute Gasteiger partial charge is 0.226 e. The largest absolute Gasteiger partial charge is 0.339 e. The summed E-state index contributed by atoms with van der Waals surface area (Å²) in [4.78, 5) is 4.40. The van der Waals surface area contributed by atoms with Crippen LogP contribution in [-0.2, 0) is 12.8 Å². The summed E-state index contributed by atoms with van der Waals surface area (Å²) < 4.78 is 5.21. The molecular formula is C13H24N2O. The second-order valence-corrected chi connectivity index (χ2v) is 4.37. The topological polar surface area (TPSA) is 38.9 Å². The molecule has 1 aromatic heterocycles. The summed E-state index contributed by atoms with van der Waals surface area (Å²) in [6, 6.07) is 0. The first-order valence-corrected chi connectivity index (χ1v) is 6.68. The molecule has 3 heteroatoms. The second-order valence-electron chi connectivity index (χ2n) is 4.37. The van der Waals surface area contributed by atoms with Gasteiger partial charge in [-0.1, -0.05) is 51.1 Å². The highest BCUT2D eigenvalue weighted by Crippen LogP contribution is 2.08. The molecule has 0 aromatic carbocycles. The molecule has 0 aliphatic rings. The first-order valence-electron chi connectivity index (χ1n) is 6.68. The molecule has 92 valence electrons. The predicted molar refractivity (Wildman–Crippen MR) is 65.4 cm³/mol. The van der Waals surface area contributed by atoms with Crippen molar-refractivity contribution in [2.45, 2.75) is 71.6 Å². The molecule has 0 amide bonds. The average Bonchev–Trinajstić information content (AvgIpc) is 2.73. The van der Waals surface area contributed by atoms with Gasteiger partial charge in [0.1, 0.15) is 0 Å². The van der Waals surface area contributed by atoms with Gasteiger partial charge >= 0.3 is 0 Å². The Balaban J connectivity index is 2.17. The number of aryl methyl sites for hydroxylation is 2. The Morgan fingerprint density at radius 2 is 1.56 bits per heavy atom. The van der Waals surface area contributed by atoms with Gasteiger partial charge in [-0.15, -0.1) is 0 Å². The maximum atomic E-state index is 5.21. The quantitative estimate of drug-likeness (QED) is 0.597. The van der Waals surface area contributed by atoms with E-state index in [9.17, 15) is 0 Å². The molecule has 0 aliphatic heterocycles. The average molecular weight is 224 g/mol. The molecule has 1 rings (SSSR count). The van der Waals surface area contributed by atoms with Gasteiger partial charge in [-0.25, -0.2) is 0 Å². The number of rotatable bonds is 9. The van der Waals surface area contributed by atoms with Gasteiger partial charge in [0, 0.05) is 12.8 Å². The zero-order valence-corrected chi connectivity index (χ0v) is 10.7. The van der Waals surface area contributed by atoms with Crippen molar-refractivity contribution in [3.8, 4) is 0 Å². The van der Waals surface area contributed by atoms with Gasteiger partial charge in [0.05, 0.1) is 0 Å². The van der Waals surface area contributed by atoms with Gasteiger partial charge < -0.3 is 4.52 Å². The standard InChI is InChI=1S/C13H24N2O/c1-3-5-7-9-11-13-14-12(15-16-13)10-8-6-4-2/h3-11H2,1-2H3. The zero-order valence-electron chi connectivity index (χ0n) is 10.7. The monoisotopic (exact) mass is 224 g/mol. The van der Waals surface area contributed by atoms with Crippen LogP contribution in [0.5, 0.6) is 0 Å². The maximum absolute atomic E-state index is 5.21. The molecule has 0 N–H and O–H groups in total. The summed E-state index contributed by atoms with van der Waals surface area (Å²) >= 11 is 0. The molecule has 0 aliphatic carbocycles. The SMILES string of the molecule is CCCCCCc1nc(CCCCC)no1. The van der Waals surface area contributed by atoms with Crippen molar-refractivity contribution in [3.05, 3.63) is 11.7 Å². The molecule has 3 nitrogen and oxygen atoms in total. The Kier molecular flexibility index (Phi) is 6.86. The van der Waals surface area contributed by atoms with Crippen molar-refractivity contribution in [2.75, 3.05) is 0 Å². The van der Waals surface area contributed by atoms with Crippen LogP contribution in [0.2, 0.25) is 0 Å². The fourth-order valence-electron chi connectivity index (χ4n) is 1.73. The van der Waals surface area contributed by atoms with E-state index in [1.165, 1.54) is 44.9 Å². The first kappa shape index (κ1) is 13.2. The maximum Gasteiger partial charge on any atom is 0.226 e. The van der Waals surface area contributed by atoms with E-state index in [2.05, 4.69) is 24.0 Å². The fourth-order valence-corrected chi connectivity index (χ4v) is 1.73. The van der Waals surface area contributed by atoms with Crippen molar-refractivity contribution < 1.29 is 4.52 Å². The van der Waals surface area contributed by atoms with Gasteiger partial charge in [-0.3, -0.25) is 0 Å². The van der Waals surface area contributed by atoms with Crippen LogP contribution in [-0.4, -0.2) is 10.1 Å². The van der Waals surface area contributed by atoms with E-state index in [0.717, 1.165) is 24.6 Å². The fraction of sp³-hybridized carbons (Fsp3) is 0.846. The van der Waals surface area contributed by atoms with Crippen LogP contribution in [0.3, 0.4) is 0 Å². The molecule has 0 fully saturated rings. The lowest BCUT2D eigenvalue weighted by Crippen LogP contribution is -1.90. The van der Waals surface area contributed by atoms with Crippen LogP contribution >= 0.6 is 0 Å². The highest BCUT2D eigenvalue weighted by molar-refractivity contribution is 4.86. The molecule has 16 heavy (non-hydrogen) atoms. The number of hydrogen-bond acceptors (Lipinski definition) is 3. The molecule has 1 aromatic rings. The number of hydrogen-bond donors (Lipinski definition) is 0. The van der Waals surface area contributed by atoms with E-state index in [-0.39, 0.29) is 0 Å². The van der Waals surface area contributed by atoms with Crippen LogP contribution in [0.1, 0.15) is 70.5 Å². The molecule has 0 unspecified atom stereocenters. The molecule has 0 bridgehead atoms. The summed E-state index contributed by atoms with van der Waals surface area (Å²) in [5, 5.41) is 4.00. The molecule has 1 heterocycles. The van der Waals surface area contributed by atoms with Crippen molar-refractivity contribution in [1.82, 2.24) is 10.1 Å². The van der Waals surface area contributed by atoms with Gasteiger partial charge in [0.15, 0.2) is 5.82 Å². The summed E-state index contributed by atoms with van der Waals surface area (Å²) in [5.41, 5.74) is 0. The van der Waals surface area contributed by atoms with E-state index in [1.54, 1.807) is 0 Å². The van der Waals surface area contributed by atoms with Crippen molar-refractivity contribution in [2.24, 2.45) is 0 Å². The lowest BCUT2D eigenvalue weighted by atomic mass is 10.1. The number of nitrogens with zero attached hydrogens (tertiary/aromatic N) is 2. The normalized spacial score (nSPS) is 10.9. The van der Waals surface area contributed by atoms with Gasteiger partial charge in [0.2, 0.25) is 5.89 Å². The first-order chi connectivity index (χ1) is 7.86. The minimum Gasteiger partial charge on any atom is -0.339 e. The summed E-state index contributed by atoms with van der Waals surface area (Å²) in [6.45, 7) is 4.42. The number of unbranched alkanes of at least 4 members (excludes halogenated alkanes) is 5. The van der Waals surface area contributed by atoms with E-state index >= 15 is 0 Å². The third-order valence-corrected chi connectivity index (χ3v) is 2.76. The third kappa shape index (κ3) is 5.29. The summed E-state index contributed by atoms with van der Waals surface area (Å²) in [6.07, 6.45) is 10.6. The Morgan fingerprint density at radius 1 is 0.875 bits per heavy atom. The van der Waals surface area contributed by atoms with E-state index in [0.29, 0.717) is 0 Å². The van der Waals surface area contributed by atoms with Crippen LogP contribution < -0.4 is 0 Å². The van der Waals surface area contributed by atoms with Gasteiger partial charge in [-0.05, 0) is 12.8 Å². The lowest BCUT2D eigenvalue weighted by Gasteiger charge is -1.94. The Morgan fingerprint density at radius 3 is 2.31 bits per heavy atom. The Hall–Kier alpha value is -0.860. The minimum absolute atomic E-state index is 0.822. The molecule has 0 saturated heterocycles. The van der Waals surface area contributed by atoms with Crippen LogP contribution in [0.4, 0.5) is 0 Å². The molecular weight excluding hydrogens is 200 g/mol. The molecule has 0 radical (unpaired) electrons. The van der Waals surface area contributed by atoms with Gasteiger partial charge in [0.25, 0.3) is 0 Å². The van der Waals surface area contributed by atoms with E-state index < -0.39 is 0 Å². The van der Waals surface area contributed by atoms with Crippen molar-refractivity contribution in [3.63, 3.8) is 0 Å². The highest BCUT2D eigenvalue weighted by atomic mass is 16.5. The lowest BCUT2D eigenvalue weighted by molar-refractivity contribution is 0.368. The predicted octanol–water partition coefficient (Wildman–Crippen LogP) is 3.93. The number of aromatic nitrogens is 2. The third-order valence-electron chi connectivity index (χ3n) is 2.76. The van der Waals surface area contributed by atoms with Crippen LogP contribution in [0.25, 0.3) is 0 Å². The van der Waals surface area contributed by atoms with Crippen molar-refractivity contribution in [1.29, 1.82) is 0 Å². The Labute approximate surface area is 98.6 Å². The molecule has 0 saturated carbocycles. The zero-order chi connectivity index (χ0) is 11.6. The second kappa shape index (κ2) is 8.31. The van der Waals surface area contributed by atoms with E-state index in [4.69, 9.17) is 4.52 Å². The van der Waals surface area contributed by atoms with E-state index in [1.807, 2.05) is 0 Å². The van der Waals surface area contributed by atoms with Crippen LogP contribution in [0.15, 0.2) is 4.52 Å². The van der Waals surface area contributed by atoms with Crippen LogP contribution in [0, 0.1) is 0 Å². The minimum atomic E-state index is 0.822. The van der Waals surface area contributed by atoms with Crippen molar-refractivity contribution >= 4 is 0 Å². The molecule has 0 atom stereocenters. The summed E-state index contributed by atoms with van der Waals surface area (Å²) in [7, 11) is 0. The molecule has 0 spiro atoms. The van der Waals surface area contributed by atoms with Gasteiger partial charge in [-0.2, -0.15) is 4.98 Å². The highest BCUT2D eigenvalue weighted by Gasteiger charge is 2.05.